The summed E-state index contributed by atoms with van der Waals surface area (Å²) in [6.45, 7) is 1.64. The first-order chi connectivity index (χ1) is 13.7. The fraction of sp³-hybridized carbons (Fsp3) is 0.304. The molecular weight excluding hydrogens is 350 g/mol. The van der Waals surface area contributed by atoms with Gasteiger partial charge in [0, 0.05) is 42.9 Å². The summed E-state index contributed by atoms with van der Waals surface area (Å²) >= 11 is 0. The number of hydrogen-bond donors (Lipinski definition) is 0. The van der Waals surface area contributed by atoms with Crippen molar-refractivity contribution in [1.82, 2.24) is 14.7 Å². The molecule has 1 aliphatic heterocycles. The normalized spacial score (nSPS) is 20.1. The van der Waals surface area contributed by atoms with E-state index in [-0.39, 0.29) is 12.5 Å². The summed E-state index contributed by atoms with van der Waals surface area (Å²) in [4.78, 5) is 14.7. The third-order valence-electron chi connectivity index (χ3n) is 5.98. The molecule has 0 bridgehead atoms. The minimum absolute atomic E-state index is 0.0601. The second-order valence-electron chi connectivity index (χ2n) is 7.67. The lowest BCUT2D eigenvalue weighted by Gasteiger charge is -2.18. The highest BCUT2D eigenvalue weighted by atomic mass is 16.5. The molecule has 5 heteroatoms. The number of fused-ring (bicyclic) bond motifs is 3. The molecule has 2 heterocycles. The summed E-state index contributed by atoms with van der Waals surface area (Å²) in [5.74, 6) is 1.63. The molecule has 2 aromatic carbocycles. The van der Waals surface area contributed by atoms with Crippen LogP contribution in [-0.2, 0) is 18.3 Å². The van der Waals surface area contributed by atoms with E-state index < -0.39 is 0 Å². The number of carbonyl (C=O) groups is 1. The molecule has 5 nitrogen and oxygen atoms in total. The van der Waals surface area contributed by atoms with Gasteiger partial charge in [-0.2, -0.15) is 5.10 Å². The lowest BCUT2D eigenvalue weighted by Crippen LogP contribution is -2.33. The predicted molar refractivity (Wildman–Crippen MR) is 107 cm³/mol. The molecule has 1 saturated heterocycles. The number of hydrogen-bond acceptors (Lipinski definition) is 3. The van der Waals surface area contributed by atoms with Crippen LogP contribution in [0, 0.1) is 5.92 Å². The standard InChI is InChI=1S/C23H23N3O2/c1-25-20-12-17-13-26(21(27)15-28-18-10-6-3-7-11-18)14-19(17)22(20)23(24-25)16-8-4-2-5-9-16/h2-11,17,19H,12-15H2,1H3/t17-,19+/m0/s1. The topological polar surface area (TPSA) is 47.4 Å². The van der Waals surface area contributed by atoms with Crippen molar-refractivity contribution in [3.8, 4) is 17.0 Å². The van der Waals surface area contributed by atoms with Gasteiger partial charge in [0.05, 0.1) is 5.69 Å². The van der Waals surface area contributed by atoms with Crippen LogP contribution in [0.2, 0.25) is 0 Å². The Balaban J connectivity index is 1.33. The molecule has 0 saturated carbocycles. The Kier molecular flexibility index (Phi) is 4.15. The highest BCUT2D eigenvalue weighted by Gasteiger charge is 2.45. The van der Waals surface area contributed by atoms with E-state index in [0.717, 1.165) is 36.5 Å². The number of aromatic nitrogens is 2. The number of benzene rings is 2. The van der Waals surface area contributed by atoms with Crippen molar-refractivity contribution in [3.05, 3.63) is 71.9 Å². The Labute approximate surface area is 164 Å². The van der Waals surface area contributed by atoms with Gasteiger partial charge in [-0.25, -0.2) is 0 Å². The molecule has 1 fully saturated rings. The van der Waals surface area contributed by atoms with Crippen LogP contribution in [0.5, 0.6) is 5.75 Å². The van der Waals surface area contributed by atoms with Crippen molar-refractivity contribution >= 4 is 5.91 Å². The Hall–Kier alpha value is -3.08. The molecule has 0 radical (unpaired) electrons. The first-order valence-electron chi connectivity index (χ1n) is 9.77. The number of amides is 1. The lowest BCUT2D eigenvalue weighted by molar-refractivity contribution is -0.132. The van der Waals surface area contributed by atoms with Crippen molar-refractivity contribution in [2.45, 2.75) is 12.3 Å². The average molecular weight is 373 g/mol. The molecule has 3 aromatic rings. The van der Waals surface area contributed by atoms with E-state index in [1.165, 1.54) is 11.3 Å². The van der Waals surface area contributed by atoms with Crippen LogP contribution in [0.15, 0.2) is 60.7 Å². The lowest BCUT2D eigenvalue weighted by atomic mass is 9.94. The maximum atomic E-state index is 12.7. The third kappa shape index (κ3) is 2.87. The summed E-state index contributed by atoms with van der Waals surface area (Å²) in [5.41, 5.74) is 4.87. The molecule has 0 unspecified atom stereocenters. The van der Waals surface area contributed by atoms with Crippen molar-refractivity contribution in [1.29, 1.82) is 0 Å². The Morgan fingerprint density at radius 3 is 2.54 bits per heavy atom. The number of para-hydroxylation sites is 1. The highest BCUT2D eigenvalue weighted by Crippen LogP contribution is 2.46. The van der Waals surface area contributed by atoms with Crippen molar-refractivity contribution in [3.63, 3.8) is 0 Å². The van der Waals surface area contributed by atoms with E-state index in [9.17, 15) is 4.79 Å². The number of rotatable bonds is 4. The predicted octanol–water partition coefficient (Wildman–Crippen LogP) is 3.26. The fourth-order valence-electron chi connectivity index (χ4n) is 4.63. The van der Waals surface area contributed by atoms with Crippen LogP contribution in [-0.4, -0.2) is 40.3 Å². The smallest absolute Gasteiger partial charge is 0.260 e. The molecule has 1 aromatic heterocycles. The van der Waals surface area contributed by atoms with E-state index in [0.29, 0.717) is 11.8 Å². The first kappa shape index (κ1) is 17.0. The van der Waals surface area contributed by atoms with Gasteiger partial charge in [0.2, 0.25) is 0 Å². The van der Waals surface area contributed by atoms with Crippen LogP contribution in [0.4, 0.5) is 0 Å². The van der Waals surface area contributed by atoms with E-state index in [1.54, 1.807) is 0 Å². The number of carbonyl (C=O) groups excluding carboxylic acids is 1. The van der Waals surface area contributed by atoms with Crippen LogP contribution in [0.1, 0.15) is 17.2 Å². The van der Waals surface area contributed by atoms with E-state index in [4.69, 9.17) is 9.84 Å². The van der Waals surface area contributed by atoms with Crippen LogP contribution < -0.4 is 4.74 Å². The molecule has 2 atom stereocenters. The fourth-order valence-corrected chi connectivity index (χ4v) is 4.63. The number of ether oxygens (including phenoxy) is 1. The molecular formula is C23H23N3O2. The number of likely N-dealkylation sites (tertiary alicyclic amines) is 1. The summed E-state index contributed by atoms with van der Waals surface area (Å²) in [6.07, 6.45) is 0.986. The van der Waals surface area contributed by atoms with Crippen LogP contribution in [0.3, 0.4) is 0 Å². The maximum Gasteiger partial charge on any atom is 0.260 e. The molecule has 1 amide bonds. The Bertz CT molecular complexity index is 997. The highest BCUT2D eigenvalue weighted by molar-refractivity contribution is 5.78. The SMILES string of the molecule is Cn1nc(-c2ccccc2)c2c1C[C@H]1CN(C(=O)COc3ccccc3)C[C@@H]21. The zero-order chi connectivity index (χ0) is 19.1. The molecule has 0 spiro atoms. The second kappa shape index (κ2) is 6.82. The van der Waals surface area contributed by atoms with Gasteiger partial charge in [-0.05, 0) is 24.5 Å². The largest absolute Gasteiger partial charge is 0.484 e. The van der Waals surface area contributed by atoms with Gasteiger partial charge in [-0.15, -0.1) is 0 Å². The van der Waals surface area contributed by atoms with Gasteiger partial charge in [0.15, 0.2) is 6.61 Å². The zero-order valence-corrected chi connectivity index (χ0v) is 15.9. The first-order valence-corrected chi connectivity index (χ1v) is 9.77. The van der Waals surface area contributed by atoms with Crippen molar-refractivity contribution in [2.75, 3.05) is 19.7 Å². The Morgan fingerprint density at radius 2 is 1.79 bits per heavy atom. The quantitative estimate of drug-likeness (QED) is 0.705. The molecule has 0 N–H and O–H groups in total. The minimum Gasteiger partial charge on any atom is -0.484 e. The second-order valence-corrected chi connectivity index (χ2v) is 7.67. The maximum absolute atomic E-state index is 12.7. The number of nitrogens with zero attached hydrogens (tertiary/aromatic N) is 3. The summed E-state index contributed by atoms with van der Waals surface area (Å²) in [7, 11) is 2.03. The zero-order valence-electron chi connectivity index (χ0n) is 15.9. The molecule has 28 heavy (non-hydrogen) atoms. The number of aryl methyl sites for hydroxylation is 1. The third-order valence-corrected chi connectivity index (χ3v) is 5.98. The van der Waals surface area contributed by atoms with Gasteiger partial charge >= 0.3 is 0 Å². The Morgan fingerprint density at radius 1 is 1.07 bits per heavy atom. The van der Waals surface area contributed by atoms with Gasteiger partial charge in [0.25, 0.3) is 5.91 Å². The van der Waals surface area contributed by atoms with Crippen molar-refractivity contribution < 1.29 is 9.53 Å². The monoisotopic (exact) mass is 373 g/mol. The molecule has 142 valence electrons. The summed E-state index contributed by atoms with van der Waals surface area (Å²) in [6, 6.07) is 19.9. The molecule has 1 aliphatic carbocycles. The average Bonchev–Trinajstić information content (AvgIpc) is 3.38. The van der Waals surface area contributed by atoms with Crippen LogP contribution >= 0.6 is 0 Å². The van der Waals surface area contributed by atoms with E-state index in [1.807, 2.05) is 65.2 Å². The van der Waals surface area contributed by atoms with E-state index >= 15 is 0 Å². The van der Waals surface area contributed by atoms with E-state index in [2.05, 4.69) is 12.1 Å². The molecule has 2 aliphatic rings. The van der Waals surface area contributed by atoms with Crippen LogP contribution in [0.25, 0.3) is 11.3 Å². The summed E-state index contributed by atoms with van der Waals surface area (Å²) in [5, 5.41) is 4.80. The van der Waals surface area contributed by atoms with Gasteiger partial charge in [-0.3, -0.25) is 9.48 Å². The van der Waals surface area contributed by atoms with Crippen molar-refractivity contribution in [2.24, 2.45) is 13.0 Å². The van der Waals surface area contributed by atoms with Gasteiger partial charge < -0.3 is 9.64 Å². The molecule has 5 rings (SSSR count). The van der Waals surface area contributed by atoms with Gasteiger partial charge in [-0.1, -0.05) is 48.5 Å². The van der Waals surface area contributed by atoms with Gasteiger partial charge in [0.1, 0.15) is 5.75 Å². The summed E-state index contributed by atoms with van der Waals surface area (Å²) < 4.78 is 7.69. The minimum atomic E-state index is 0.0601.